The van der Waals surface area contributed by atoms with E-state index in [9.17, 15) is 9.59 Å². The van der Waals surface area contributed by atoms with Crippen LogP contribution >= 0.6 is 0 Å². The average Bonchev–Trinajstić information content (AvgIpc) is 3.17. The molecule has 1 aromatic heterocycles. The van der Waals surface area contributed by atoms with Crippen molar-refractivity contribution in [2.24, 2.45) is 0 Å². The molecule has 0 amide bonds. The van der Waals surface area contributed by atoms with Crippen molar-refractivity contribution in [3.05, 3.63) is 27.4 Å². The molecule has 1 N–H and O–H groups in total. The average molecular weight is 279 g/mol. The van der Waals surface area contributed by atoms with Crippen molar-refractivity contribution in [2.45, 2.75) is 45.7 Å². The molecule has 1 aliphatic rings. The predicted octanol–water partition coefficient (Wildman–Crippen LogP) is 0.581. The van der Waals surface area contributed by atoms with Gasteiger partial charge in [0.15, 0.2) is 0 Å². The molecule has 0 unspecified atom stereocenters. The standard InChI is InChI=1S/C14H21N3O3/c1-9-12(8-13(18)19)10(2)17(14(20)15-9)7-6-16(3)11-4-5-11/h11H,4-8H2,1-3H3,(H,18,19). The third-order valence-electron chi connectivity index (χ3n) is 3.95. The molecule has 0 aliphatic heterocycles. The minimum atomic E-state index is -0.904. The number of hydrogen-bond acceptors (Lipinski definition) is 4. The van der Waals surface area contributed by atoms with Crippen molar-refractivity contribution in [1.29, 1.82) is 0 Å². The Morgan fingerprint density at radius 2 is 2.10 bits per heavy atom. The number of hydrogen-bond donors (Lipinski definition) is 1. The smallest absolute Gasteiger partial charge is 0.348 e. The molecule has 1 fully saturated rings. The molecule has 2 rings (SSSR count). The third-order valence-corrected chi connectivity index (χ3v) is 3.95. The van der Waals surface area contributed by atoms with Crippen molar-refractivity contribution < 1.29 is 9.90 Å². The van der Waals surface area contributed by atoms with Crippen molar-refractivity contribution in [2.75, 3.05) is 13.6 Å². The third kappa shape index (κ3) is 3.25. The number of aromatic nitrogens is 2. The number of likely N-dealkylation sites (N-methyl/N-ethyl adjacent to an activating group) is 1. The van der Waals surface area contributed by atoms with Crippen LogP contribution in [0.4, 0.5) is 0 Å². The maximum absolute atomic E-state index is 12.0. The molecule has 1 aromatic rings. The molecule has 20 heavy (non-hydrogen) atoms. The van der Waals surface area contributed by atoms with Crippen LogP contribution in [0.2, 0.25) is 0 Å². The van der Waals surface area contributed by atoms with Gasteiger partial charge in [-0.2, -0.15) is 4.98 Å². The summed E-state index contributed by atoms with van der Waals surface area (Å²) in [4.78, 5) is 29.1. The van der Waals surface area contributed by atoms with E-state index in [4.69, 9.17) is 5.11 Å². The summed E-state index contributed by atoms with van der Waals surface area (Å²) in [6, 6.07) is 0.642. The van der Waals surface area contributed by atoms with Gasteiger partial charge < -0.3 is 10.0 Å². The van der Waals surface area contributed by atoms with Crippen LogP contribution in [0.3, 0.4) is 0 Å². The topological polar surface area (TPSA) is 75.4 Å². The molecule has 0 saturated heterocycles. The number of rotatable bonds is 6. The van der Waals surface area contributed by atoms with Gasteiger partial charge in [-0.05, 0) is 33.7 Å². The SMILES string of the molecule is Cc1nc(=O)n(CCN(C)C2CC2)c(C)c1CC(=O)O. The second kappa shape index (κ2) is 5.75. The second-order valence-electron chi connectivity index (χ2n) is 5.48. The number of carboxylic acids is 1. The maximum atomic E-state index is 12.0. The van der Waals surface area contributed by atoms with Gasteiger partial charge in [-0.1, -0.05) is 0 Å². The summed E-state index contributed by atoms with van der Waals surface area (Å²) >= 11 is 0. The van der Waals surface area contributed by atoms with Crippen LogP contribution in [0.1, 0.15) is 29.8 Å². The van der Waals surface area contributed by atoms with E-state index in [0.29, 0.717) is 29.5 Å². The van der Waals surface area contributed by atoms with Crippen LogP contribution < -0.4 is 5.69 Å². The first-order valence-electron chi connectivity index (χ1n) is 6.89. The molecule has 0 aromatic carbocycles. The van der Waals surface area contributed by atoms with Gasteiger partial charge >= 0.3 is 11.7 Å². The lowest BCUT2D eigenvalue weighted by Crippen LogP contribution is -2.33. The van der Waals surface area contributed by atoms with Crippen molar-refractivity contribution in [1.82, 2.24) is 14.5 Å². The zero-order valence-corrected chi connectivity index (χ0v) is 12.2. The molecular formula is C14H21N3O3. The molecular weight excluding hydrogens is 258 g/mol. The number of aryl methyl sites for hydroxylation is 1. The maximum Gasteiger partial charge on any atom is 0.348 e. The molecule has 0 atom stereocenters. The van der Waals surface area contributed by atoms with E-state index in [1.165, 1.54) is 12.8 Å². The first-order valence-corrected chi connectivity index (χ1v) is 6.89. The number of carbonyl (C=O) groups is 1. The van der Waals surface area contributed by atoms with Gasteiger partial charge in [0.2, 0.25) is 0 Å². The van der Waals surface area contributed by atoms with E-state index in [1.54, 1.807) is 18.4 Å². The summed E-state index contributed by atoms with van der Waals surface area (Å²) in [6.45, 7) is 4.82. The van der Waals surface area contributed by atoms with Gasteiger partial charge in [0, 0.05) is 36.1 Å². The fraction of sp³-hybridized carbons (Fsp3) is 0.643. The van der Waals surface area contributed by atoms with E-state index in [0.717, 1.165) is 6.54 Å². The highest BCUT2D eigenvalue weighted by molar-refractivity contribution is 5.70. The predicted molar refractivity (Wildman–Crippen MR) is 75.0 cm³/mol. The summed E-state index contributed by atoms with van der Waals surface area (Å²) in [7, 11) is 2.05. The lowest BCUT2D eigenvalue weighted by atomic mass is 10.1. The zero-order chi connectivity index (χ0) is 14.9. The van der Waals surface area contributed by atoms with E-state index < -0.39 is 5.97 Å². The molecule has 1 aliphatic carbocycles. The molecule has 0 bridgehead atoms. The van der Waals surface area contributed by atoms with Gasteiger partial charge in [-0.3, -0.25) is 9.36 Å². The minimum absolute atomic E-state index is 0.0938. The molecule has 1 saturated carbocycles. The first kappa shape index (κ1) is 14.7. The molecule has 110 valence electrons. The zero-order valence-electron chi connectivity index (χ0n) is 12.2. The van der Waals surface area contributed by atoms with Crippen LogP contribution in [0, 0.1) is 13.8 Å². The quantitative estimate of drug-likeness (QED) is 0.824. The van der Waals surface area contributed by atoms with Crippen LogP contribution in [0.25, 0.3) is 0 Å². The number of carboxylic acid groups (broad SMARTS) is 1. The Morgan fingerprint density at radius 3 is 2.65 bits per heavy atom. The van der Waals surface area contributed by atoms with Crippen LogP contribution in [0.5, 0.6) is 0 Å². The van der Waals surface area contributed by atoms with E-state index >= 15 is 0 Å². The Kier molecular flexibility index (Phi) is 4.23. The summed E-state index contributed by atoms with van der Waals surface area (Å²) in [5.41, 5.74) is 1.58. The summed E-state index contributed by atoms with van der Waals surface area (Å²) in [5, 5.41) is 8.95. The molecule has 1 heterocycles. The van der Waals surface area contributed by atoms with Gasteiger partial charge in [-0.25, -0.2) is 4.79 Å². The number of aliphatic carboxylic acids is 1. The van der Waals surface area contributed by atoms with E-state index in [2.05, 4.69) is 16.9 Å². The van der Waals surface area contributed by atoms with Crippen molar-refractivity contribution in [3.8, 4) is 0 Å². The normalized spacial score (nSPS) is 14.8. The van der Waals surface area contributed by atoms with Gasteiger partial charge in [0.05, 0.1) is 6.42 Å². The Labute approximate surface area is 118 Å². The second-order valence-corrected chi connectivity index (χ2v) is 5.48. The highest BCUT2D eigenvalue weighted by Crippen LogP contribution is 2.25. The lowest BCUT2D eigenvalue weighted by Gasteiger charge is -2.19. The Morgan fingerprint density at radius 1 is 1.45 bits per heavy atom. The van der Waals surface area contributed by atoms with Crippen LogP contribution in [-0.4, -0.2) is 45.2 Å². The molecule has 0 radical (unpaired) electrons. The van der Waals surface area contributed by atoms with Crippen LogP contribution in [-0.2, 0) is 17.8 Å². The fourth-order valence-electron chi connectivity index (χ4n) is 2.47. The van der Waals surface area contributed by atoms with Crippen molar-refractivity contribution in [3.63, 3.8) is 0 Å². The van der Waals surface area contributed by atoms with Gasteiger partial charge in [-0.15, -0.1) is 0 Å². The Hall–Kier alpha value is -1.69. The molecule has 6 heteroatoms. The fourth-order valence-corrected chi connectivity index (χ4v) is 2.47. The summed E-state index contributed by atoms with van der Waals surface area (Å²) < 4.78 is 1.59. The van der Waals surface area contributed by atoms with E-state index in [-0.39, 0.29) is 12.1 Å². The monoisotopic (exact) mass is 279 g/mol. The largest absolute Gasteiger partial charge is 0.481 e. The Bertz CT molecular complexity index is 576. The highest BCUT2D eigenvalue weighted by atomic mass is 16.4. The Balaban J connectivity index is 2.22. The first-order chi connectivity index (χ1) is 9.40. The van der Waals surface area contributed by atoms with E-state index in [1.807, 2.05) is 0 Å². The lowest BCUT2D eigenvalue weighted by molar-refractivity contribution is -0.136. The number of nitrogens with zero attached hydrogens (tertiary/aromatic N) is 3. The molecule has 6 nitrogen and oxygen atoms in total. The highest BCUT2D eigenvalue weighted by Gasteiger charge is 2.25. The molecule has 0 spiro atoms. The van der Waals surface area contributed by atoms with Crippen LogP contribution in [0.15, 0.2) is 4.79 Å². The van der Waals surface area contributed by atoms with Gasteiger partial charge in [0.1, 0.15) is 0 Å². The van der Waals surface area contributed by atoms with Gasteiger partial charge in [0.25, 0.3) is 0 Å². The van der Waals surface area contributed by atoms with Crippen molar-refractivity contribution >= 4 is 5.97 Å². The summed E-state index contributed by atoms with van der Waals surface area (Å²) in [5.74, 6) is -0.904. The minimum Gasteiger partial charge on any atom is -0.481 e. The summed E-state index contributed by atoms with van der Waals surface area (Å²) in [6.07, 6.45) is 2.35.